The van der Waals surface area contributed by atoms with Crippen LogP contribution in [0.2, 0.25) is 5.02 Å². The number of hydrogen-bond acceptors (Lipinski definition) is 2. The molecule has 2 nitrogen and oxygen atoms in total. The Bertz CT molecular complexity index is 299. The Morgan fingerprint density at radius 2 is 2.21 bits per heavy atom. The molecule has 0 fully saturated rings. The zero-order valence-electron chi connectivity index (χ0n) is 8.68. The molecule has 1 rings (SSSR count). The Morgan fingerprint density at radius 3 is 2.79 bits per heavy atom. The van der Waals surface area contributed by atoms with E-state index in [4.69, 9.17) is 17.3 Å². The van der Waals surface area contributed by atoms with Gasteiger partial charge in [0.05, 0.1) is 0 Å². The molecule has 0 heterocycles. The van der Waals surface area contributed by atoms with Crippen molar-refractivity contribution in [2.45, 2.75) is 26.3 Å². The normalized spacial score (nSPS) is 12.6. The summed E-state index contributed by atoms with van der Waals surface area (Å²) in [6.45, 7) is 4.86. The molecular formula is C11H17ClN2. The van der Waals surface area contributed by atoms with Crippen molar-refractivity contribution in [3.63, 3.8) is 0 Å². The number of hydrogen-bond donors (Lipinski definition) is 2. The van der Waals surface area contributed by atoms with Gasteiger partial charge >= 0.3 is 0 Å². The van der Waals surface area contributed by atoms with Gasteiger partial charge < -0.3 is 11.1 Å². The molecule has 3 heteroatoms. The van der Waals surface area contributed by atoms with Crippen molar-refractivity contribution in [1.82, 2.24) is 0 Å². The largest absolute Gasteiger partial charge is 0.383 e. The average molecular weight is 213 g/mol. The lowest BCUT2D eigenvalue weighted by molar-refractivity contribution is 0.679. The molecule has 0 radical (unpaired) electrons. The minimum Gasteiger partial charge on any atom is -0.383 e. The van der Waals surface area contributed by atoms with Gasteiger partial charge in [-0.25, -0.2) is 0 Å². The van der Waals surface area contributed by atoms with Crippen molar-refractivity contribution in [3.8, 4) is 0 Å². The van der Waals surface area contributed by atoms with E-state index in [0.29, 0.717) is 0 Å². The van der Waals surface area contributed by atoms with Crippen LogP contribution >= 0.6 is 11.6 Å². The molecule has 1 aromatic carbocycles. The first-order valence-corrected chi connectivity index (χ1v) is 5.27. The molecule has 0 aliphatic carbocycles. The van der Waals surface area contributed by atoms with Crippen molar-refractivity contribution < 1.29 is 0 Å². The van der Waals surface area contributed by atoms with Crippen LogP contribution in [0.1, 0.15) is 18.9 Å². The highest BCUT2D eigenvalue weighted by molar-refractivity contribution is 6.31. The van der Waals surface area contributed by atoms with Crippen LogP contribution in [0.4, 0.5) is 5.69 Å². The molecule has 14 heavy (non-hydrogen) atoms. The predicted octanol–water partition coefficient (Wildman–Crippen LogP) is 2.80. The lowest BCUT2D eigenvalue weighted by Crippen LogP contribution is -2.27. The monoisotopic (exact) mass is 212 g/mol. The van der Waals surface area contributed by atoms with E-state index in [1.165, 1.54) is 0 Å². The molecule has 0 aliphatic rings. The SMILES string of the molecule is CCC(N)CNc1ccc(C)c(Cl)c1. The number of halogens is 1. The van der Waals surface area contributed by atoms with Gasteiger partial charge in [-0.2, -0.15) is 0 Å². The number of aryl methyl sites for hydroxylation is 1. The van der Waals surface area contributed by atoms with Gasteiger partial charge in [-0.1, -0.05) is 24.6 Å². The number of anilines is 1. The maximum atomic E-state index is 5.99. The van der Waals surface area contributed by atoms with Crippen LogP contribution in [0, 0.1) is 6.92 Å². The summed E-state index contributed by atoms with van der Waals surface area (Å²) in [5.74, 6) is 0. The van der Waals surface area contributed by atoms with E-state index in [9.17, 15) is 0 Å². The van der Waals surface area contributed by atoms with Crippen LogP contribution in [-0.2, 0) is 0 Å². The highest BCUT2D eigenvalue weighted by Gasteiger charge is 2.00. The van der Waals surface area contributed by atoms with Crippen molar-refractivity contribution >= 4 is 17.3 Å². The molecule has 1 aromatic rings. The van der Waals surface area contributed by atoms with Crippen LogP contribution < -0.4 is 11.1 Å². The van der Waals surface area contributed by atoms with E-state index in [-0.39, 0.29) is 6.04 Å². The lowest BCUT2D eigenvalue weighted by Gasteiger charge is -2.12. The van der Waals surface area contributed by atoms with Crippen LogP contribution in [-0.4, -0.2) is 12.6 Å². The van der Waals surface area contributed by atoms with Crippen LogP contribution in [0.15, 0.2) is 18.2 Å². The van der Waals surface area contributed by atoms with Crippen molar-refractivity contribution in [2.75, 3.05) is 11.9 Å². The Morgan fingerprint density at radius 1 is 1.50 bits per heavy atom. The van der Waals surface area contributed by atoms with Crippen LogP contribution in [0.3, 0.4) is 0 Å². The predicted molar refractivity (Wildman–Crippen MR) is 62.9 cm³/mol. The number of nitrogens with one attached hydrogen (secondary N) is 1. The minimum atomic E-state index is 0.204. The Balaban J connectivity index is 2.55. The second kappa shape index (κ2) is 5.23. The molecule has 0 amide bonds. The summed E-state index contributed by atoms with van der Waals surface area (Å²) in [7, 11) is 0. The van der Waals surface area contributed by atoms with Gasteiger partial charge in [0, 0.05) is 23.3 Å². The number of nitrogens with two attached hydrogens (primary N) is 1. The van der Waals surface area contributed by atoms with Gasteiger partial charge in [-0.15, -0.1) is 0 Å². The topological polar surface area (TPSA) is 38.0 Å². The number of benzene rings is 1. The molecule has 0 spiro atoms. The maximum Gasteiger partial charge on any atom is 0.0455 e. The molecular weight excluding hydrogens is 196 g/mol. The molecule has 3 N–H and O–H groups in total. The molecule has 0 aliphatic heterocycles. The van der Waals surface area contributed by atoms with Crippen molar-refractivity contribution in [2.24, 2.45) is 5.73 Å². The summed E-state index contributed by atoms with van der Waals surface area (Å²) in [4.78, 5) is 0. The first-order valence-electron chi connectivity index (χ1n) is 4.89. The molecule has 1 atom stereocenters. The van der Waals surface area contributed by atoms with Gasteiger partial charge in [-0.3, -0.25) is 0 Å². The fraction of sp³-hybridized carbons (Fsp3) is 0.455. The standard InChI is InChI=1S/C11H17ClN2/c1-3-9(13)7-14-10-5-4-8(2)11(12)6-10/h4-6,9,14H,3,7,13H2,1-2H3. The van der Waals surface area contributed by atoms with E-state index in [1.54, 1.807) is 0 Å². The van der Waals surface area contributed by atoms with Gasteiger partial charge in [0.1, 0.15) is 0 Å². The summed E-state index contributed by atoms with van der Waals surface area (Å²) in [5.41, 5.74) is 7.92. The highest BCUT2D eigenvalue weighted by atomic mass is 35.5. The summed E-state index contributed by atoms with van der Waals surface area (Å²) in [5, 5.41) is 4.05. The molecule has 0 saturated heterocycles. The molecule has 78 valence electrons. The zero-order valence-corrected chi connectivity index (χ0v) is 9.43. The third-order valence-electron chi connectivity index (χ3n) is 2.26. The summed E-state index contributed by atoms with van der Waals surface area (Å²) >= 11 is 5.99. The van der Waals surface area contributed by atoms with E-state index in [2.05, 4.69) is 12.2 Å². The molecule has 0 bridgehead atoms. The highest BCUT2D eigenvalue weighted by Crippen LogP contribution is 2.19. The van der Waals surface area contributed by atoms with Crippen molar-refractivity contribution in [1.29, 1.82) is 0 Å². The third-order valence-corrected chi connectivity index (χ3v) is 2.67. The second-order valence-corrected chi connectivity index (χ2v) is 3.92. The summed E-state index contributed by atoms with van der Waals surface area (Å²) in [6.07, 6.45) is 0.979. The third kappa shape index (κ3) is 3.20. The summed E-state index contributed by atoms with van der Waals surface area (Å²) < 4.78 is 0. The van der Waals surface area contributed by atoms with Gasteiger partial charge in [0.2, 0.25) is 0 Å². The zero-order chi connectivity index (χ0) is 10.6. The van der Waals surface area contributed by atoms with E-state index in [0.717, 1.165) is 29.2 Å². The molecule has 0 saturated carbocycles. The van der Waals surface area contributed by atoms with E-state index < -0.39 is 0 Å². The molecule has 0 aromatic heterocycles. The van der Waals surface area contributed by atoms with E-state index in [1.807, 2.05) is 25.1 Å². The van der Waals surface area contributed by atoms with Crippen LogP contribution in [0.25, 0.3) is 0 Å². The average Bonchev–Trinajstić information content (AvgIpc) is 2.19. The molecule has 1 unspecified atom stereocenters. The first kappa shape index (κ1) is 11.3. The van der Waals surface area contributed by atoms with Gasteiger partial charge in [0.15, 0.2) is 0 Å². The van der Waals surface area contributed by atoms with Crippen molar-refractivity contribution in [3.05, 3.63) is 28.8 Å². The smallest absolute Gasteiger partial charge is 0.0455 e. The fourth-order valence-electron chi connectivity index (χ4n) is 1.10. The minimum absolute atomic E-state index is 0.204. The Kier molecular flexibility index (Phi) is 4.23. The van der Waals surface area contributed by atoms with Crippen LogP contribution in [0.5, 0.6) is 0 Å². The summed E-state index contributed by atoms with van der Waals surface area (Å²) in [6, 6.07) is 6.15. The Hall–Kier alpha value is -0.730. The maximum absolute atomic E-state index is 5.99. The number of rotatable bonds is 4. The van der Waals surface area contributed by atoms with Gasteiger partial charge in [0.25, 0.3) is 0 Å². The fourth-order valence-corrected chi connectivity index (χ4v) is 1.28. The second-order valence-electron chi connectivity index (χ2n) is 3.51. The quantitative estimate of drug-likeness (QED) is 0.806. The Labute approximate surface area is 90.4 Å². The first-order chi connectivity index (χ1) is 6.63. The van der Waals surface area contributed by atoms with E-state index >= 15 is 0 Å². The lowest BCUT2D eigenvalue weighted by atomic mass is 10.2. The van der Waals surface area contributed by atoms with Gasteiger partial charge in [-0.05, 0) is 31.0 Å².